The fraction of sp³-hybridized carbons (Fsp3) is 0.600. The van der Waals surface area contributed by atoms with Crippen molar-refractivity contribution in [1.82, 2.24) is 15.3 Å². The maximum atomic E-state index is 5.83. The van der Waals surface area contributed by atoms with Crippen LogP contribution in [0.3, 0.4) is 0 Å². The van der Waals surface area contributed by atoms with E-state index >= 15 is 0 Å². The SMILES string of the molecule is CN(C)NCc1cccc(OCCN2CCOCC2)c1. The van der Waals surface area contributed by atoms with Crippen molar-refractivity contribution in [2.45, 2.75) is 6.54 Å². The number of rotatable bonds is 7. The molecule has 0 bridgehead atoms. The Bertz CT molecular complexity index is 392. The molecule has 0 spiro atoms. The minimum absolute atomic E-state index is 0.727. The zero-order valence-electron chi connectivity index (χ0n) is 12.5. The van der Waals surface area contributed by atoms with E-state index in [0.717, 1.165) is 51.7 Å². The molecule has 2 rings (SSSR count). The van der Waals surface area contributed by atoms with Gasteiger partial charge in [0.05, 0.1) is 13.2 Å². The average Bonchev–Trinajstić information content (AvgIpc) is 2.47. The lowest BCUT2D eigenvalue weighted by Crippen LogP contribution is -2.38. The van der Waals surface area contributed by atoms with Crippen LogP contribution in [0.2, 0.25) is 0 Å². The fourth-order valence-corrected chi connectivity index (χ4v) is 2.11. The van der Waals surface area contributed by atoms with E-state index in [1.807, 2.05) is 31.2 Å². The Morgan fingerprint density at radius 2 is 2.10 bits per heavy atom. The molecule has 1 heterocycles. The topological polar surface area (TPSA) is 37.0 Å². The van der Waals surface area contributed by atoms with Crippen molar-refractivity contribution in [3.8, 4) is 5.75 Å². The summed E-state index contributed by atoms with van der Waals surface area (Å²) in [4.78, 5) is 2.38. The molecule has 0 saturated carbocycles. The Balaban J connectivity index is 1.73. The number of morpholine rings is 1. The van der Waals surface area contributed by atoms with Gasteiger partial charge >= 0.3 is 0 Å². The van der Waals surface area contributed by atoms with Crippen LogP contribution in [0.15, 0.2) is 24.3 Å². The van der Waals surface area contributed by atoms with Crippen molar-refractivity contribution in [2.75, 3.05) is 53.6 Å². The average molecular weight is 279 g/mol. The molecule has 0 aromatic heterocycles. The molecule has 0 amide bonds. The molecular weight excluding hydrogens is 254 g/mol. The molecule has 0 unspecified atom stereocenters. The Morgan fingerprint density at radius 1 is 1.30 bits per heavy atom. The van der Waals surface area contributed by atoms with Gasteiger partial charge in [-0.15, -0.1) is 0 Å². The third-order valence-electron chi connectivity index (χ3n) is 3.28. The van der Waals surface area contributed by atoms with Gasteiger partial charge in [0.1, 0.15) is 12.4 Å². The molecular formula is C15H25N3O2. The molecule has 0 radical (unpaired) electrons. The lowest BCUT2D eigenvalue weighted by molar-refractivity contribution is 0.0322. The van der Waals surface area contributed by atoms with Gasteiger partial charge in [-0.1, -0.05) is 12.1 Å². The number of hydrogen-bond donors (Lipinski definition) is 1. The molecule has 5 nitrogen and oxygen atoms in total. The summed E-state index contributed by atoms with van der Waals surface area (Å²) in [6.45, 7) is 6.20. The molecule has 1 aliphatic heterocycles. The summed E-state index contributed by atoms with van der Waals surface area (Å²) in [5, 5.41) is 1.95. The zero-order chi connectivity index (χ0) is 14.2. The van der Waals surface area contributed by atoms with Gasteiger partial charge in [-0.3, -0.25) is 15.3 Å². The monoisotopic (exact) mass is 279 g/mol. The van der Waals surface area contributed by atoms with Crippen LogP contribution in [-0.4, -0.2) is 63.5 Å². The molecule has 112 valence electrons. The summed E-state index contributed by atoms with van der Waals surface area (Å²) in [7, 11) is 3.98. The summed E-state index contributed by atoms with van der Waals surface area (Å²) in [6, 6.07) is 8.25. The number of ether oxygens (including phenoxy) is 2. The predicted octanol–water partition coefficient (Wildman–Crippen LogP) is 0.964. The first-order chi connectivity index (χ1) is 9.74. The smallest absolute Gasteiger partial charge is 0.119 e. The Kier molecular flexibility index (Phi) is 6.26. The van der Waals surface area contributed by atoms with Gasteiger partial charge in [-0.2, -0.15) is 0 Å². The Labute approximate surface area is 121 Å². The molecule has 1 saturated heterocycles. The van der Waals surface area contributed by atoms with Gasteiger partial charge in [0.25, 0.3) is 0 Å². The van der Waals surface area contributed by atoms with Crippen molar-refractivity contribution in [3.05, 3.63) is 29.8 Å². The lowest BCUT2D eigenvalue weighted by atomic mass is 10.2. The molecule has 1 N–H and O–H groups in total. The second-order valence-electron chi connectivity index (χ2n) is 5.18. The number of nitrogens with zero attached hydrogens (tertiary/aromatic N) is 2. The number of hydrogen-bond acceptors (Lipinski definition) is 5. The minimum atomic E-state index is 0.727. The van der Waals surface area contributed by atoms with Crippen molar-refractivity contribution >= 4 is 0 Å². The zero-order valence-corrected chi connectivity index (χ0v) is 12.5. The fourth-order valence-electron chi connectivity index (χ4n) is 2.11. The van der Waals surface area contributed by atoms with Gasteiger partial charge in [-0.25, -0.2) is 0 Å². The van der Waals surface area contributed by atoms with Crippen molar-refractivity contribution in [3.63, 3.8) is 0 Å². The molecule has 1 aromatic carbocycles. The van der Waals surface area contributed by atoms with Gasteiger partial charge in [-0.05, 0) is 17.7 Å². The largest absolute Gasteiger partial charge is 0.492 e. The van der Waals surface area contributed by atoms with Crippen molar-refractivity contribution in [1.29, 1.82) is 0 Å². The van der Waals surface area contributed by atoms with Crippen LogP contribution in [0.25, 0.3) is 0 Å². The molecule has 1 fully saturated rings. The van der Waals surface area contributed by atoms with Crippen LogP contribution in [-0.2, 0) is 11.3 Å². The lowest BCUT2D eigenvalue weighted by Gasteiger charge is -2.26. The normalized spacial score (nSPS) is 16.6. The summed E-state index contributed by atoms with van der Waals surface area (Å²) in [5.41, 5.74) is 4.48. The summed E-state index contributed by atoms with van der Waals surface area (Å²) >= 11 is 0. The second kappa shape index (κ2) is 8.21. The van der Waals surface area contributed by atoms with Gasteiger partial charge in [0.15, 0.2) is 0 Å². The summed E-state index contributed by atoms with van der Waals surface area (Å²) in [5.74, 6) is 0.941. The highest BCUT2D eigenvalue weighted by Crippen LogP contribution is 2.13. The third-order valence-corrected chi connectivity index (χ3v) is 3.28. The van der Waals surface area contributed by atoms with E-state index in [1.165, 1.54) is 5.56 Å². The van der Waals surface area contributed by atoms with Crippen LogP contribution in [0, 0.1) is 0 Å². The Morgan fingerprint density at radius 3 is 2.85 bits per heavy atom. The number of hydrazine groups is 1. The van der Waals surface area contributed by atoms with E-state index in [0.29, 0.717) is 0 Å². The first-order valence-corrected chi connectivity index (χ1v) is 7.17. The first-order valence-electron chi connectivity index (χ1n) is 7.17. The second-order valence-corrected chi connectivity index (χ2v) is 5.18. The summed E-state index contributed by atoms with van der Waals surface area (Å²) in [6.07, 6.45) is 0. The van der Waals surface area contributed by atoms with E-state index in [4.69, 9.17) is 9.47 Å². The van der Waals surface area contributed by atoms with Crippen LogP contribution in [0.1, 0.15) is 5.56 Å². The van der Waals surface area contributed by atoms with Gasteiger partial charge in [0, 0.05) is 40.3 Å². The van der Waals surface area contributed by atoms with E-state index in [-0.39, 0.29) is 0 Å². The first kappa shape index (κ1) is 15.3. The van der Waals surface area contributed by atoms with Crippen LogP contribution in [0.5, 0.6) is 5.75 Å². The third kappa shape index (κ3) is 5.46. The number of nitrogens with one attached hydrogen (secondary N) is 1. The van der Waals surface area contributed by atoms with Crippen LogP contribution >= 0.6 is 0 Å². The molecule has 0 atom stereocenters. The van der Waals surface area contributed by atoms with Crippen molar-refractivity contribution in [2.24, 2.45) is 0 Å². The standard InChI is InChI=1S/C15H25N3O2/c1-17(2)16-13-14-4-3-5-15(12-14)20-11-8-18-6-9-19-10-7-18/h3-5,12,16H,6-11,13H2,1-2H3. The van der Waals surface area contributed by atoms with Crippen LogP contribution < -0.4 is 10.2 Å². The Hall–Kier alpha value is -1.14. The highest BCUT2D eigenvalue weighted by atomic mass is 16.5. The van der Waals surface area contributed by atoms with Crippen LogP contribution in [0.4, 0.5) is 0 Å². The number of benzene rings is 1. The quantitative estimate of drug-likeness (QED) is 0.753. The highest BCUT2D eigenvalue weighted by molar-refractivity contribution is 5.28. The minimum Gasteiger partial charge on any atom is -0.492 e. The molecule has 20 heavy (non-hydrogen) atoms. The van der Waals surface area contributed by atoms with Crippen molar-refractivity contribution < 1.29 is 9.47 Å². The van der Waals surface area contributed by atoms with E-state index < -0.39 is 0 Å². The van der Waals surface area contributed by atoms with E-state index in [2.05, 4.69) is 22.5 Å². The molecule has 0 aliphatic carbocycles. The maximum Gasteiger partial charge on any atom is 0.119 e. The van der Waals surface area contributed by atoms with Gasteiger partial charge in [0.2, 0.25) is 0 Å². The summed E-state index contributed by atoms with van der Waals surface area (Å²) < 4.78 is 11.2. The maximum absolute atomic E-state index is 5.83. The molecule has 5 heteroatoms. The van der Waals surface area contributed by atoms with E-state index in [1.54, 1.807) is 0 Å². The molecule has 1 aliphatic rings. The predicted molar refractivity (Wildman–Crippen MR) is 79.7 cm³/mol. The van der Waals surface area contributed by atoms with E-state index in [9.17, 15) is 0 Å². The molecule has 1 aromatic rings. The highest BCUT2D eigenvalue weighted by Gasteiger charge is 2.09. The van der Waals surface area contributed by atoms with Gasteiger partial charge < -0.3 is 9.47 Å².